The van der Waals surface area contributed by atoms with Gasteiger partial charge in [-0.3, -0.25) is 9.69 Å². The van der Waals surface area contributed by atoms with Crippen molar-refractivity contribution < 1.29 is 4.79 Å². The smallest absolute Gasteiger partial charge is 0.265 e. The number of amides is 1. The number of fused-ring (bicyclic) bond motifs is 3. The van der Waals surface area contributed by atoms with Crippen molar-refractivity contribution in [3.05, 3.63) is 62.9 Å². The van der Waals surface area contributed by atoms with Crippen molar-refractivity contribution in [2.45, 2.75) is 38.6 Å². The third-order valence-corrected chi connectivity index (χ3v) is 7.41. The Morgan fingerprint density at radius 1 is 1.24 bits per heavy atom. The monoisotopic (exact) mass is 498 g/mol. The lowest BCUT2D eigenvalue weighted by atomic mass is 9.87. The molecule has 1 aromatic heterocycles. The second-order valence-electron chi connectivity index (χ2n) is 9.47. The highest BCUT2D eigenvalue weighted by Crippen LogP contribution is 2.52. The maximum absolute atomic E-state index is 13.3. The lowest BCUT2D eigenvalue weighted by Crippen LogP contribution is -2.45. The summed E-state index contributed by atoms with van der Waals surface area (Å²) in [5.74, 6) is 0.783. The number of aromatic nitrogens is 2. The molecule has 2 aliphatic heterocycles. The number of carbonyl (C=O) groups is 1. The number of hydrogen-bond acceptors (Lipinski definition) is 6. The Labute approximate surface area is 210 Å². The molecule has 0 bridgehead atoms. The van der Waals surface area contributed by atoms with E-state index in [9.17, 15) is 4.79 Å². The summed E-state index contributed by atoms with van der Waals surface area (Å²) in [7, 11) is 4.06. The highest BCUT2D eigenvalue weighted by molar-refractivity contribution is 6.35. The third kappa shape index (κ3) is 3.96. The highest BCUT2D eigenvalue weighted by Gasteiger charge is 2.48. The first-order chi connectivity index (χ1) is 16.2. The van der Waals surface area contributed by atoms with Gasteiger partial charge < -0.3 is 15.1 Å². The molecule has 178 valence electrons. The molecule has 3 aliphatic rings. The summed E-state index contributed by atoms with van der Waals surface area (Å²) in [5, 5.41) is 4.19. The first kappa shape index (κ1) is 23.1. The van der Waals surface area contributed by atoms with Crippen molar-refractivity contribution in [2.75, 3.05) is 37.5 Å². The number of benzene rings is 1. The van der Waals surface area contributed by atoms with Crippen LogP contribution in [0.5, 0.6) is 0 Å². The van der Waals surface area contributed by atoms with E-state index in [-0.39, 0.29) is 12.6 Å². The van der Waals surface area contributed by atoms with Crippen LogP contribution >= 0.6 is 23.2 Å². The van der Waals surface area contributed by atoms with E-state index in [4.69, 9.17) is 23.2 Å². The van der Waals surface area contributed by atoms with E-state index in [1.807, 2.05) is 11.9 Å². The predicted octanol–water partition coefficient (Wildman–Crippen LogP) is 5.16. The van der Waals surface area contributed by atoms with Gasteiger partial charge in [-0.1, -0.05) is 35.3 Å². The molecule has 0 atom stereocenters. The van der Waals surface area contributed by atoms with Gasteiger partial charge in [0.2, 0.25) is 5.95 Å². The largest absolute Gasteiger partial charge is 0.341 e. The number of rotatable bonds is 4. The van der Waals surface area contributed by atoms with E-state index in [2.05, 4.69) is 45.4 Å². The fraction of sp³-hybridized carbons (Fsp3) is 0.400. The molecule has 34 heavy (non-hydrogen) atoms. The molecule has 9 heteroatoms. The molecular weight excluding hydrogens is 471 g/mol. The Balaban J connectivity index is 1.42. The molecule has 1 aliphatic carbocycles. The van der Waals surface area contributed by atoms with E-state index in [1.54, 1.807) is 31.0 Å². The van der Waals surface area contributed by atoms with Crippen molar-refractivity contribution in [3.63, 3.8) is 0 Å². The lowest BCUT2D eigenvalue weighted by molar-refractivity contribution is 0.0798. The second-order valence-corrected chi connectivity index (χ2v) is 10.4. The van der Waals surface area contributed by atoms with Crippen molar-refractivity contribution in [1.29, 1.82) is 0 Å². The first-order valence-electron chi connectivity index (χ1n) is 11.4. The van der Waals surface area contributed by atoms with Crippen LogP contribution in [0.25, 0.3) is 0 Å². The zero-order valence-corrected chi connectivity index (χ0v) is 21.3. The van der Waals surface area contributed by atoms with Crippen LogP contribution in [0.2, 0.25) is 0 Å². The van der Waals surface area contributed by atoms with Crippen LogP contribution in [0.1, 0.15) is 48.2 Å². The number of hydrogen-bond donors (Lipinski definition) is 1. The summed E-state index contributed by atoms with van der Waals surface area (Å²) in [6.45, 7) is 5.88. The minimum Gasteiger partial charge on any atom is -0.341 e. The maximum atomic E-state index is 13.3. The van der Waals surface area contributed by atoms with Gasteiger partial charge in [0.25, 0.3) is 5.91 Å². The van der Waals surface area contributed by atoms with Gasteiger partial charge in [-0.05, 0) is 57.0 Å². The van der Waals surface area contributed by atoms with Gasteiger partial charge in [0, 0.05) is 42.5 Å². The van der Waals surface area contributed by atoms with Gasteiger partial charge in [-0.2, -0.15) is 4.98 Å². The molecule has 5 rings (SSSR count). The predicted molar refractivity (Wildman–Crippen MR) is 137 cm³/mol. The molecule has 1 aromatic carbocycles. The van der Waals surface area contributed by atoms with Crippen molar-refractivity contribution in [2.24, 2.45) is 0 Å². The van der Waals surface area contributed by atoms with Crippen molar-refractivity contribution in [3.8, 4) is 0 Å². The maximum Gasteiger partial charge on any atom is 0.265 e. The standard InChI is InChI=1S/C25H28Cl2N6O/c1-5-20(27)21(15(2)26)33-14-32(4)22-18(23(33)34)11-28-24(30-22)29-17-6-7-19-16(10-17)12-31(3)13-25(19)8-9-25/h5-7,10-11H,8-9,12-14H2,1-4H3,(H,28,29,30)/b20-5+,21-15-. The number of carbonyl (C=O) groups excluding carboxylic acids is 1. The average molecular weight is 499 g/mol. The van der Waals surface area contributed by atoms with Crippen LogP contribution in [-0.4, -0.2) is 53.0 Å². The van der Waals surface area contributed by atoms with Crippen LogP contribution in [0, 0.1) is 0 Å². The summed E-state index contributed by atoms with van der Waals surface area (Å²) in [6.07, 6.45) is 5.81. The normalized spacial score (nSPS) is 20.2. The zero-order valence-electron chi connectivity index (χ0n) is 19.8. The molecule has 1 fully saturated rings. The van der Waals surface area contributed by atoms with Crippen LogP contribution in [0.15, 0.2) is 46.2 Å². The number of anilines is 3. The summed E-state index contributed by atoms with van der Waals surface area (Å²) >= 11 is 12.6. The minimum atomic E-state index is -0.235. The Hall–Kier alpha value is -2.61. The molecule has 3 heterocycles. The number of likely N-dealkylation sites (N-methyl/N-ethyl adjacent to an activating group) is 1. The lowest BCUT2D eigenvalue weighted by Gasteiger charge is -2.36. The number of halogens is 2. The molecule has 1 amide bonds. The van der Waals surface area contributed by atoms with E-state index in [0.29, 0.717) is 38.5 Å². The van der Waals surface area contributed by atoms with Crippen LogP contribution < -0.4 is 10.2 Å². The molecule has 1 spiro atoms. The summed E-state index contributed by atoms with van der Waals surface area (Å²) in [4.78, 5) is 28.2. The van der Waals surface area contributed by atoms with E-state index < -0.39 is 0 Å². The fourth-order valence-corrected chi connectivity index (χ4v) is 5.62. The molecule has 0 radical (unpaired) electrons. The minimum absolute atomic E-state index is 0.235. The Morgan fingerprint density at radius 2 is 2.00 bits per heavy atom. The van der Waals surface area contributed by atoms with Gasteiger partial charge in [0.15, 0.2) is 0 Å². The van der Waals surface area contributed by atoms with E-state index in [1.165, 1.54) is 24.0 Å². The van der Waals surface area contributed by atoms with Gasteiger partial charge in [-0.15, -0.1) is 0 Å². The molecular formula is C25H28Cl2N6O. The Bertz CT molecular complexity index is 1230. The van der Waals surface area contributed by atoms with Crippen LogP contribution in [0.4, 0.5) is 17.5 Å². The van der Waals surface area contributed by atoms with Crippen LogP contribution in [-0.2, 0) is 12.0 Å². The molecule has 1 saturated carbocycles. The molecule has 0 unspecified atom stereocenters. The quantitative estimate of drug-likeness (QED) is 0.587. The number of allylic oxidation sites excluding steroid dienone is 3. The molecule has 0 saturated heterocycles. The molecule has 2 aromatic rings. The number of nitrogens with one attached hydrogen (secondary N) is 1. The zero-order chi connectivity index (χ0) is 24.2. The van der Waals surface area contributed by atoms with Gasteiger partial charge in [-0.25, -0.2) is 4.98 Å². The average Bonchev–Trinajstić information content (AvgIpc) is 3.55. The summed E-state index contributed by atoms with van der Waals surface area (Å²) in [6, 6.07) is 6.55. The van der Waals surface area contributed by atoms with Crippen LogP contribution in [0.3, 0.4) is 0 Å². The summed E-state index contributed by atoms with van der Waals surface area (Å²) < 4.78 is 0. The van der Waals surface area contributed by atoms with Gasteiger partial charge >= 0.3 is 0 Å². The summed E-state index contributed by atoms with van der Waals surface area (Å²) in [5.41, 5.74) is 5.02. The second kappa shape index (κ2) is 8.56. The topological polar surface area (TPSA) is 64.6 Å². The molecule has 7 nitrogen and oxygen atoms in total. The number of nitrogens with zero attached hydrogens (tertiary/aromatic N) is 5. The SMILES string of the molecule is C/C=C(Cl)\C(=C(/C)Cl)N1CN(C)c2nc(Nc3ccc4c(c3)CN(C)CC43CC3)ncc2C1=O. The highest BCUT2D eigenvalue weighted by atomic mass is 35.5. The first-order valence-corrected chi connectivity index (χ1v) is 12.2. The Kier molecular flexibility index (Phi) is 5.82. The van der Waals surface area contributed by atoms with Crippen molar-refractivity contribution >= 4 is 46.6 Å². The van der Waals surface area contributed by atoms with Crippen molar-refractivity contribution in [1.82, 2.24) is 19.8 Å². The van der Waals surface area contributed by atoms with Gasteiger partial charge in [0.1, 0.15) is 11.4 Å². The fourth-order valence-electron chi connectivity index (χ4n) is 5.13. The van der Waals surface area contributed by atoms with Gasteiger partial charge in [0.05, 0.1) is 17.4 Å². The third-order valence-electron chi connectivity index (χ3n) is 6.83. The Morgan fingerprint density at radius 3 is 2.68 bits per heavy atom. The van der Waals surface area contributed by atoms with E-state index in [0.717, 1.165) is 18.8 Å². The molecule has 1 N–H and O–H groups in total. The van der Waals surface area contributed by atoms with E-state index >= 15 is 0 Å².